The largest absolute Gasteiger partial charge is 0.461 e. The molecule has 0 radical (unpaired) electrons. The van der Waals surface area contributed by atoms with Gasteiger partial charge in [0.05, 0.1) is 6.42 Å². The smallest absolute Gasteiger partial charge is 0.336 e. The number of thioether (sulfide) groups is 1. The SMILES string of the molecule is Cc1ccc(SCCC(=O)OCc2cc(=O)oc3cc(Br)ccc23)cc1. The molecule has 0 fully saturated rings. The van der Waals surface area contributed by atoms with Crippen molar-refractivity contribution >= 4 is 44.6 Å². The average Bonchev–Trinajstić information content (AvgIpc) is 2.61. The Balaban J connectivity index is 1.57. The molecule has 0 aliphatic carbocycles. The van der Waals surface area contributed by atoms with E-state index in [0.29, 0.717) is 23.3 Å². The van der Waals surface area contributed by atoms with E-state index in [1.54, 1.807) is 17.8 Å². The minimum Gasteiger partial charge on any atom is -0.461 e. The van der Waals surface area contributed by atoms with Crippen molar-refractivity contribution in [2.24, 2.45) is 0 Å². The maximum Gasteiger partial charge on any atom is 0.336 e. The fourth-order valence-corrected chi connectivity index (χ4v) is 3.61. The standard InChI is InChI=1S/C20H17BrO4S/c1-13-2-5-16(6-3-13)26-9-8-19(22)24-12-14-10-20(23)25-18-11-15(21)4-7-17(14)18/h2-7,10-11H,8-9,12H2,1H3. The molecule has 134 valence electrons. The van der Waals surface area contributed by atoms with Crippen LogP contribution in [-0.4, -0.2) is 11.7 Å². The first-order valence-corrected chi connectivity index (χ1v) is 9.86. The summed E-state index contributed by atoms with van der Waals surface area (Å²) in [5.41, 5.74) is 1.85. The van der Waals surface area contributed by atoms with Crippen molar-refractivity contribution in [3.8, 4) is 0 Å². The molecule has 26 heavy (non-hydrogen) atoms. The summed E-state index contributed by atoms with van der Waals surface area (Å²) in [5.74, 6) is 0.357. The quantitative estimate of drug-likeness (QED) is 0.308. The first kappa shape index (κ1) is 18.7. The number of esters is 1. The van der Waals surface area contributed by atoms with Gasteiger partial charge >= 0.3 is 11.6 Å². The third-order valence-corrected chi connectivity index (χ3v) is 5.28. The second kappa shape index (κ2) is 8.56. The van der Waals surface area contributed by atoms with Crippen LogP contribution >= 0.6 is 27.7 Å². The van der Waals surface area contributed by atoms with Crippen LogP contribution in [0.25, 0.3) is 11.0 Å². The molecule has 0 aliphatic heterocycles. The van der Waals surface area contributed by atoms with Gasteiger partial charge in [0.15, 0.2) is 0 Å². The predicted molar refractivity (Wildman–Crippen MR) is 107 cm³/mol. The van der Waals surface area contributed by atoms with Crippen LogP contribution in [0, 0.1) is 6.92 Å². The van der Waals surface area contributed by atoms with E-state index in [0.717, 1.165) is 14.8 Å². The van der Waals surface area contributed by atoms with Gasteiger partial charge in [-0.3, -0.25) is 4.79 Å². The topological polar surface area (TPSA) is 56.5 Å². The molecule has 0 N–H and O–H groups in total. The van der Waals surface area contributed by atoms with E-state index < -0.39 is 5.63 Å². The van der Waals surface area contributed by atoms with E-state index in [1.807, 2.05) is 43.3 Å². The molecule has 0 aliphatic rings. The van der Waals surface area contributed by atoms with Crippen LogP contribution in [0.5, 0.6) is 0 Å². The highest BCUT2D eigenvalue weighted by atomic mass is 79.9. The molecule has 0 spiro atoms. The van der Waals surface area contributed by atoms with Gasteiger partial charge in [-0.15, -0.1) is 11.8 Å². The Labute approximate surface area is 163 Å². The highest BCUT2D eigenvalue weighted by Gasteiger charge is 2.09. The molecule has 0 unspecified atom stereocenters. The molecule has 0 saturated heterocycles. The van der Waals surface area contributed by atoms with E-state index >= 15 is 0 Å². The normalized spacial score (nSPS) is 10.8. The van der Waals surface area contributed by atoms with Crippen LogP contribution in [0.15, 0.2) is 67.1 Å². The van der Waals surface area contributed by atoms with Gasteiger partial charge in [0.2, 0.25) is 0 Å². The number of fused-ring (bicyclic) bond motifs is 1. The Morgan fingerprint density at radius 2 is 1.92 bits per heavy atom. The zero-order chi connectivity index (χ0) is 18.5. The van der Waals surface area contributed by atoms with Crippen molar-refractivity contribution in [2.75, 3.05) is 5.75 Å². The summed E-state index contributed by atoms with van der Waals surface area (Å²) >= 11 is 4.96. The Kier molecular flexibility index (Phi) is 6.16. The van der Waals surface area contributed by atoms with E-state index in [2.05, 4.69) is 15.9 Å². The van der Waals surface area contributed by atoms with E-state index in [1.165, 1.54) is 11.6 Å². The molecule has 3 rings (SSSR count). The number of carbonyl (C=O) groups is 1. The van der Waals surface area contributed by atoms with Crippen molar-refractivity contribution in [2.45, 2.75) is 24.8 Å². The highest BCUT2D eigenvalue weighted by molar-refractivity contribution is 9.10. The van der Waals surface area contributed by atoms with Gasteiger partial charge in [-0.25, -0.2) is 4.79 Å². The highest BCUT2D eigenvalue weighted by Crippen LogP contribution is 2.23. The predicted octanol–water partition coefficient (Wildman–Crippen LogP) is 5.09. The van der Waals surface area contributed by atoms with E-state index in [-0.39, 0.29) is 12.6 Å². The molecular weight excluding hydrogens is 416 g/mol. The van der Waals surface area contributed by atoms with Crippen LogP contribution in [0.2, 0.25) is 0 Å². The van der Waals surface area contributed by atoms with Gasteiger partial charge < -0.3 is 9.15 Å². The lowest BCUT2D eigenvalue weighted by Crippen LogP contribution is -2.08. The monoisotopic (exact) mass is 432 g/mol. The molecule has 2 aromatic carbocycles. The first-order chi connectivity index (χ1) is 12.5. The summed E-state index contributed by atoms with van der Waals surface area (Å²) in [5, 5.41) is 0.759. The van der Waals surface area contributed by atoms with Gasteiger partial charge in [-0.05, 0) is 37.3 Å². The van der Waals surface area contributed by atoms with E-state index in [4.69, 9.17) is 9.15 Å². The molecule has 3 aromatic rings. The molecule has 0 amide bonds. The van der Waals surface area contributed by atoms with Crippen LogP contribution in [0.3, 0.4) is 0 Å². The van der Waals surface area contributed by atoms with Crippen LogP contribution in [0.4, 0.5) is 0 Å². The Morgan fingerprint density at radius 3 is 2.69 bits per heavy atom. The molecule has 4 nitrogen and oxygen atoms in total. The summed E-state index contributed by atoms with van der Waals surface area (Å²) in [6.45, 7) is 2.09. The molecular formula is C20H17BrO4S. The van der Waals surface area contributed by atoms with Gasteiger partial charge in [0, 0.05) is 32.1 Å². The van der Waals surface area contributed by atoms with Crippen molar-refractivity contribution in [1.29, 1.82) is 0 Å². The van der Waals surface area contributed by atoms with E-state index in [9.17, 15) is 9.59 Å². The minimum atomic E-state index is -0.462. The summed E-state index contributed by atoms with van der Waals surface area (Å²) in [4.78, 5) is 24.8. The van der Waals surface area contributed by atoms with Crippen LogP contribution < -0.4 is 5.63 Å². The number of hydrogen-bond acceptors (Lipinski definition) is 5. The summed E-state index contributed by atoms with van der Waals surface area (Å²) in [6.07, 6.45) is 0.309. The number of aryl methyl sites for hydroxylation is 1. The number of halogens is 1. The molecule has 1 heterocycles. The fourth-order valence-electron chi connectivity index (χ4n) is 2.44. The fraction of sp³-hybridized carbons (Fsp3) is 0.200. The second-order valence-corrected chi connectivity index (χ2v) is 7.89. The maximum absolute atomic E-state index is 12.0. The van der Waals surface area contributed by atoms with Gasteiger partial charge in [-0.1, -0.05) is 33.6 Å². The molecule has 6 heteroatoms. The number of benzene rings is 2. The maximum atomic E-state index is 12.0. The number of rotatable bonds is 6. The average molecular weight is 433 g/mol. The summed E-state index contributed by atoms with van der Waals surface area (Å²) < 4.78 is 11.3. The van der Waals surface area contributed by atoms with Crippen molar-refractivity contribution in [1.82, 2.24) is 0 Å². The third kappa shape index (κ3) is 4.99. The lowest BCUT2D eigenvalue weighted by Gasteiger charge is -2.07. The summed E-state index contributed by atoms with van der Waals surface area (Å²) in [6, 6.07) is 14.9. The molecule has 0 atom stereocenters. The lowest BCUT2D eigenvalue weighted by atomic mass is 10.1. The zero-order valence-corrected chi connectivity index (χ0v) is 16.6. The van der Waals surface area contributed by atoms with Crippen molar-refractivity contribution < 1.29 is 13.9 Å². The zero-order valence-electron chi connectivity index (χ0n) is 14.2. The molecule has 0 saturated carbocycles. The Bertz CT molecular complexity index is 979. The van der Waals surface area contributed by atoms with Gasteiger partial charge in [0.25, 0.3) is 0 Å². The Hall–Kier alpha value is -2.05. The number of hydrogen-bond donors (Lipinski definition) is 0. The number of carbonyl (C=O) groups excluding carboxylic acids is 1. The summed E-state index contributed by atoms with van der Waals surface area (Å²) in [7, 11) is 0. The van der Waals surface area contributed by atoms with Crippen LogP contribution in [-0.2, 0) is 16.1 Å². The van der Waals surface area contributed by atoms with Gasteiger partial charge in [0.1, 0.15) is 12.2 Å². The second-order valence-electron chi connectivity index (χ2n) is 5.80. The van der Waals surface area contributed by atoms with Crippen molar-refractivity contribution in [3.63, 3.8) is 0 Å². The Morgan fingerprint density at radius 1 is 1.15 bits per heavy atom. The molecule has 1 aromatic heterocycles. The minimum absolute atomic E-state index is 0.0533. The third-order valence-electron chi connectivity index (χ3n) is 3.78. The van der Waals surface area contributed by atoms with Crippen molar-refractivity contribution in [3.05, 3.63) is 74.6 Å². The first-order valence-electron chi connectivity index (χ1n) is 8.08. The van der Waals surface area contributed by atoms with Gasteiger partial charge in [-0.2, -0.15) is 0 Å². The number of ether oxygens (including phenoxy) is 1. The molecule has 0 bridgehead atoms. The lowest BCUT2D eigenvalue weighted by molar-refractivity contribution is -0.144. The van der Waals surface area contributed by atoms with Crippen LogP contribution in [0.1, 0.15) is 17.5 Å².